The summed E-state index contributed by atoms with van der Waals surface area (Å²) in [5.41, 5.74) is 8.68. The third-order valence-electron chi connectivity index (χ3n) is 11.0. The smallest absolute Gasteiger partial charge is 0.338 e. The van der Waals surface area contributed by atoms with Gasteiger partial charge in [-0.3, -0.25) is 15.0 Å². The minimum Gasteiger partial charge on any atom is -0.456 e. The number of benzene rings is 1. The lowest BCUT2D eigenvalue weighted by molar-refractivity contribution is 0.00696. The van der Waals surface area contributed by atoms with Gasteiger partial charge in [-0.25, -0.2) is 14.8 Å². The van der Waals surface area contributed by atoms with Crippen molar-refractivity contribution in [1.82, 2.24) is 34.1 Å². The first kappa shape index (κ1) is 33.2. The first-order chi connectivity index (χ1) is 25.0. The number of carbonyl (C=O) groups excluding carboxylic acids is 1. The Labute approximate surface area is 312 Å². The number of aryl methyl sites for hydroxylation is 2. The highest BCUT2D eigenvalue weighted by Gasteiger charge is 2.42. The van der Waals surface area contributed by atoms with Crippen molar-refractivity contribution in [2.24, 2.45) is 0 Å². The van der Waals surface area contributed by atoms with Gasteiger partial charge in [0.2, 0.25) is 0 Å². The van der Waals surface area contributed by atoms with Crippen LogP contribution >= 0.6 is 15.9 Å². The van der Waals surface area contributed by atoms with Gasteiger partial charge < -0.3 is 13.9 Å². The number of hydrogen-bond acceptors (Lipinski definition) is 7. The second-order valence-corrected chi connectivity index (χ2v) is 16.5. The van der Waals surface area contributed by atoms with E-state index < -0.39 is 5.60 Å². The highest BCUT2D eigenvalue weighted by atomic mass is 79.9. The summed E-state index contributed by atoms with van der Waals surface area (Å²) in [6.45, 7) is 9.66. The number of imidazole rings is 2. The quantitative estimate of drug-likeness (QED) is 0.165. The van der Waals surface area contributed by atoms with Crippen molar-refractivity contribution in [3.8, 4) is 34.0 Å². The Bertz CT molecular complexity index is 2390. The van der Waals surface area contributed by atoms with Gasteiger partial charge >= 0.3 is 5.97 Å². The largest absolute Gasteiger partial charge is 0.456 e. The van der Waals surface area contributed by atoms with Gasteiger partial charge in [-0.1, -0.05) is 12.1 Å². The van der Waals surface area contributed by atoms with Crippen LogP contribution in [0.2, 0.25) is 0 Å². The highest BCUT2D eigenvalue weighted by molar-refractivity contribution is 9.10. The number of ether oxygens (including phenoxy) is 1. The van der Waals surface area contributed by atoms with E-state index in [0.717, 1.165) is 73.2 Å². The first-order valence-electron chi connectivity index (χ1n) is 18.4. The van der Waals surface area contributed by atoms with Gasteiger partial charge in [-0.15, -0.1) is 0 Å². The third kappa shape index (κ3) is 5.66. The topological polar surface area (TPSA) is 101 Å². The molecule has 4 bridgehead atoms. The molecule has 2 fully saturated rings. The van der Waals surface area contributed by atoms with E-state index in [2.05, 4.69) is 35.0 Å². The predicted octanol–water partition coefficient (Wildman–Crippen LogP) is 10.1. The Hall–Kier alpha value is -4.70. The summed E-state index contributed by atoms with van der Waals surface area (Å²) in [5.74, 6) is 3.27. The van der Waals surface area contributed by atoms with E-state index in [1.54, 1.807) is 6.07 Å². The van der Waals surface area contributed by atoms with Gasteiger partial charge in [0.1, 0.15) is 33.2 Å². The molecule has 10 heteroatoms. The highest BCUT2D eigenvalue weighted by Crippen LogP contribution is 2.53. The zero-order chi connectivity index (χ0) is 35.9. The van der Waals surface area contributed by atoms with Crippen LogP contribution in [0.3, 0.4) is 0 Å². The number of halogens is 1. The van der Waals surface area contributed by atoms with E-state index in [1.165, 1.54) is 37.9 Å². The van der Waals surface area contributed by atoms with Crippen molar-refractivity contribution in [3.05, 3.63) is 100 Å². The van der Waals surface area contributed by atoms with Gasteiger partial charge in [0.15, 0.2) is 0 Å². The molecule has 1 aromatic carbocycles. The van der Waals surface area contributed by atoms with Gasteiger partial charge in [0.25, 0.3) is 0 Å². The molecule has 10 rings (SSSR count). The van der Waals surface area contributed by atoms with Crippen LogP contribution in [0.1, 0.15) is 117 Å². The Kier molecular flexibility index (Phi) is 7.95. The zero-order valence-electron chi connectivity index (χ0n) is 30.2. The minimum absolute atomic E-state index is 0.331. The summed E-state index contributed by atoms with van der Waals surface area (Å²) in [5, 5.41) is 0.922. The van der Waals surface area contributed by atoms with Crippen LogP contribution in [0, 0.1) is 13.8 Å². The number of hydrogen-bond donors (Lipinski definition) is 0. The van der Waals surface area contributed by atoms with Gasteiger partial charge in [0.05, 0.1) is 28.2 Å². The van der Waals surface area contributed by atoms with E-state index in [1.807, 2.05) is 95.4 Å². The van der Waals surface area contributed by atoms with Crippen LogP contribution in [-0.2, 0) is 4.74 Å². The van der Waals surface area contributed by atoms with Gasteiger partial charge in [0, 0.05) is 52.5 Å². The summed E-state index contributed by atoms with van der Waals surface area (Å²) in [4.78, 5) is 36.8. The zero-order valence-corrected chi connectivity index (χ0v) is 31.8. The summed E-state index contributed by atoms with van der Waals surface area (Å²) >= 11 is 3.73. The summed E-state index contributed by atoms with van der Waals surface area (Å²) in [6.07, 6.45) is 9.24. The average molecular weight is 757 g/mol. The van der Waals surface area contributed by atoms with Crippen LogP contribution < -0.4 is 0 Å². The summed E-state index contributed by atoms with van der Waals surface area (Å²) in [6, 6.07) is 20.9. The molecule has 52 heavy (non-hydrogen) atoms. The standard InChI is InChI=1S/C28H28N4O2.C14H14BrN3/c1-16-6-5-7-23(30-16)24-25(32-19-10-8-17(14-19)26(32)31-24)20-12-13-29-22-11-9-18(15-21(20)22)27(33)34-28(2,3)4;1-8-3-2-4-11(16-8)12-13(15)18-10-6-5-9(7-10)14(18)17-12/h5-7,9,11-13,15,17,19H,8,10,14H2,1-4H3;2-4,9-10H,5-7H2,1H3. The van der Waals surface area contributed by atoms with Crippen LogP contribution in [-0.4, -0.2) is 45.6 Å². The molecule has 6 aromatic rings. The lowest BCUT2D eigenvalue weighted by atomic mass is 10.0. The molecule has 2 aliphatic carbocycles. The Morgan fingerprint density at radius 2 is 1.38 bits per heavy atom. The van der Waals surface area contributed by atoms with Crippen molar-refractivity contribution in [3.63, 3.8) is 0 Å². The molecule has 5 aromatic heterocycles. The van der Waals surface area contributed by atoms with Crippen molar-refractivity contribution in [1.29, 1.82) is 0 Å². The molecular weight excluding hydrogens is 714 g/mol. The maximum absolute atomic E-state index is 12.8. The molecule has 4 aliphatic rings. The second kappa shape index (κ2) is 12.5. The lowest BCUT2D eigenvalue weighted by Crippen LogP contribution is -2.23. The maximum Gasteiger partial charge on any atom is 0.338 e. The van der Waals surface area contributed by atoms with E-state index in [0.29, 0.717) is 29.5 Å². The van der Waals surface area contributed by atoms with E-state index in [4.69, 9.17) is 19.7 Å². The number of rotatable bonds is 4. The Morgan fingerprint density at radius 1 is 0.769 bits per heavy atom. The molecule has 2 saturated carbocycles. The Morgan fingerprint density at radius 3 is 2.02 bits per heavy atom. The van der Waals surface area contributed by atoms with Gasteiger partial charge in [-0.2, -0.15) is 0 Å². The number of aromatic nitrogens is 7. The second-order valence-electron chi connectivity index (χ2n) is 15.8. The molecule has 0 spiro atoms. The third-order valence-corrected chi connectivity index (χ3v) is 11.7. The average Bonchev–Trinajstić information content (AvgIpc) is 3.97. The van der Waals surface area contributed by atoms with Crippen molar-refractivity contribution >= 4 is 32.8 Å². The fourth-order valence-electron chi connectivity index (χ4n) is 8.79. The van der Waals surface area contributed by atoms with Gasteiger partial charge in [-0.05, 0) is 138 Å². The van der Waals surface area contributed by atoms with Crippen LogP contribution in [0.25, 0.3) is 44.9 Å². The SMILES string of the molecule is Cc1cccc(-c2nc3n(c2-c2ccnc4ccc(C(=O)OC(C)(C)C)cc24)C2CCC3C2)n1.Cc1cccc(-c2nc3n(c2Br)C2CCC3C2)n1. The fraction of sp³-hybridized carbons (Fsp3) is 0.381. The summed E-state index contributed by atoms with van der Waals surface area (Å²) < 4.78 is 11.6. The molecule has 0 N–H and O–H groups in total. The molecular formula is C42H42BrN7O2. The Balaban J connectivity index is 0.000000167. The van der Waals surface area contributed by atoms with E-state index in [9.17, 15) is 4.79 Å². The number of pyridine rings is 3. The summed E-state index contributed by atoms with van der Waals surface area (Å²) in [7, 11) is 0. The number of nitrogens with zero attached hydrogens (tertiary/aromatic N) is 7. The monoisotopic (exact) mass is 755 g/mol. The number of esters is 1. The molecule has 0 amide bonds. The van der Waals surface area contributed by atoms with E-state index >= 15 is 0 Å². The molecule has 2 aliphatic heterocycles. The van der Waals surface area contributed by atoms with Crippen molar-refractivity contribution < 1.29 is 9.53 Å². The van der Waals surface area contributed by atoms with Crippen molar-refractivity contribution in [2.75, 3.05) is 0 Å². The molecule has 0 radical (unpaired) electrons. The fourth-order valence-corrected chi connectivity index (χ4v) is 9.55. The lowest BCUT2D eigenvalue weighted by Gasteiger charge is -2.20. The molecule has 0 saturated heterocycles. The van der Waals surface area contributed by atoms with Crippen LogP contribution in [0.15, 0.2) is 71.5 Å². The first-order valence-corrected chi connectivity index (χ1v) is 19.2. The van der Waals surface area contributed by atoms with Crippen LogP contribution in [0.4, 0.5) is 0 Å². The molecule has 4 atom stereocenters. The number of carbonyl (C=O) groups is 1. The maximum atomic E-state index is 12.8. The predicted molar refractivity (Wildman–Crippen MR) is 205 cm³/mol. The molecule has 7 heterocycles. The molecule has 4 unspecified atom stereocenters. The molecule has 264 valence electrons. The van der Waals surface area contributed by atoms with Crippen molar-refractivity contribution in [2.45, 2.75) is 103 Å². The minimum atomic E-state index is -0.556. The normalized spacial score (nSPS) is 20.9. The molecule has 9 nitrogen and oxygen atoms in total. The van der Waals surface area contributed by atoms with E-state index in [-0.39, 0.29) is 5.97 Å². The number of fused-ring (bicyclic) bond motifs is 11. The van der Waals surface area contributed by atoms with Crippen LogP contribution in [0.5, 0.6) is 0 Å².